The molecule has 1 unspecified atom stereocenters. The van der Waals surface area contributed by atoms with E-state index in [2.05, 4.69) is 10.6 Å². The minimum atomic E-state index is -3.47. The number of halogens is 1. The van der Waals surface area contributed by atoms with Crippen molar-refractivity contribution in [3.05, 3.63) is 64.7 Å². The number of carbonyl (C=O) groups excluding carboxylic acids is 2. The van der Waals surface area contributed by atoms with Gasteiger partial charge in [-0.15, -0.1) is 0 Å². The second kappa shape index (κ2) is 10.9. The lowest BCUT2D eigenvalue weighted by Gasteiger charge is -2.25. The van der Waals surface area contributed by atoms with Gasteiger partial charge in [0.2, 0.25) is 21.8 Å². The number of nitrogens with zero attached hydrogens (tertiary/aromatic N) is 1. The van der Waals surface area contributed by atoms with Gasteiger partial charge in [0.1, 0.15) is 0 Å². The van der Waals surface area contributed by atoms with Crippen LogP contribution in [0.5, 0.6) is 0 Å². The largest absolute Gasteiger partial charge is 0.352 e. The summed E-state index contributed by atoms with van der Waals surface area (Å²) in [4.78, 5) is 24.3. The highest BCUT2D eigenvalue weighted by atomic mass is 35.5. The van der Waals surface area contributed by atoms with Crippen LogP contribution in [0, 0.1) is 0 Å². The number of sulfonamides is 1. The van der Waals surface area contributed by atoms with E-state index in [-0.39, 0.29) is 29.7 Å². The number of benzene rings is 2. The van der Waals surface area contributed by atoms with E-state index in [9.17, 15) is 18.0 Å². The Kier molecular flexibility index (Phi) is 8.28. The van der Waals surface area contributed by atoms with Gasteiger partial charge in [-0.3, -0.25) is 9.59 Å². The Morgan fingerprint density at radius 1 is 1.00 bits per heavy atom. The molecule has 3 rings (SSSR count). The molecule has 0 radical (unpaired) electrons. The molecule has 0 aliphatic carbocycles. The van der Waals surface area contributed by atoms with Gasteiger partial charge >= 0.3 is 0 Å². The summed E-state index contributed by atoms with van der Waals surface area (Å²) in [6, 6.07) is 13.1. The van der Waals surface area contributed by atoms with Crippen molar-refractivity contribution in [2.75, 3.05) is 13.1 Å². The first kappa shape index (κ1) is 24.2. The van der Waals surface area contributed by atoms with E-state index in [0.717, 1.165) is 30.4 Å². The van der Waals surface area contributed by atoms with E-state index in [0.29, 0.717) is 18.1 Å². The van der Waals surface area contributed by atoms with E-state index >= 15 is 0 Å². The van der Waals surface area contributed by atoms with E-state index in [1.807, 2.05) is 0 Å². The molecular weight excluding hydrogens is 450 g/mol. The molecule has 1 atom stereocenters. The first-order chi connectivity index (χ1) is 15.3. The van der Waals surface area contributed by atoms with E-state index in [1.54, 1.807) is 48.5 Å². The van der Waals surface area contributed by atoms with Gasteiger partial charge < -0.3 is 10.6 Å². The summed E-state index contributed by atoms with van der Waals surface area (Å²) >= 11 is 5.92. The summed E-state index contributed by atoms with van der Waals surface area (Å²) in [6.07, 6.45) is 2.91. The summed E-state index contributed by atoms with van der Waals surface area (Å²) in [6.45, 7) is 2.78. The van der Waals surface area contributed by atoms with Crippen LogP contribution in [0.2, 0.25) is 5.02 Å². The smallest absolute Gasteiger partial charge is 0.243 e. The fourth-order valence-corrected chi connectivity index (χ4v) is 5.33. The van der Waals surface area contributed by atoms with Gasteiger partial charge in [0, 0.05) is 31.6 Å². The lowest BCUT2D eigenvalue weighted by Crippen LogP contribution is -2.35. The van der Waals surface area contributed by atoms with Gasteiger partial charge in [0.05, 0.1) is 17.4 Å². The minimum absolute atomic E-state index is 0.0721. The number of amides is 2. The Bertz CT molecular complexity index is 1030. The van der Waals surface area contributed by atoms with Crippen LogP contribution in [-0.4, -0.2) is 37.6 Å². The number of nitrogens with one attached hydrogen (secondary N) is 2. The third-order valence-electron chi connectivity index (χ3n) is 5.41. The Morgan fingerprint density at radius 3 is 2.22 bits per heavy atom. The Labute approximate surface area is 194 Å². The zero-order chi connectivity index (χ0) is 23.1. The van der Waals surface area contributed by atoms with Crippen molar-refractivity contribution in [1.82, 2.24) is 14.9 Å². The fourth-order valence-electron chi connectivity index (χ4n) is 3.68. The molecule has 0 aromatic heterocycles. The average Bonchev–Trinajstić information content (AvgIpc) is 2.78. The molecule has 2 amide bonds. The number of piperidine rings is 1. The molecule has 1 aliphatic heterocycles. The van der Waals surface area contributed by atoms with Crippen molar-refractivity contribution in [2.45, 2.75) is 50.1 Å². The molecule has 2 aromatic carbocycles. The second-order valence-electron chi connectivity index (χ2n) is 7.89. The van der Waals surface area contributed by atoms with E-state index < -0.39 is 16.1 Å². The van der Waals surface area contributed by atoms with Crippen molar-refractivity contribution < 1.29 is 18.0 Å². The van der Waals surface area contributed by atoms with Crippen LogP contribution >= 0.6 is 11.6 Å². The number of rotatable bonds is 8. The van der Waals surface area contributed by atoms with Crippen LogP contribution in [0.4, 0.5) is 0 Å². The molecule has 2 aromatic rings. The van der Waals surface area contributed by atoms with Crippen LogP contribution in [-0.2, 0) is 26.2 Å². The molecule has 172 valence electrons. The van der Waals surface area contributed by atoms with Crippen molar-refractivity contribution in [3.8, 4) is 0 Å². The summed E-state index contributed by atoms with van der Waals surface area (Å²) in [5.41, 5.74) is 1.57. The van der Waals surface area contributed by atoms with Crippen LogP contribution in [0.25, 0.3) is 0 Å². The van der Waals surface area contributed by atoms with Gasteiger partial charge in [-0.05, 0) is 48.2 Å². The zero-order valence-corrected chi connectivity index (χ0v) is 19.6. The predicted molar refractivity (Wildman–Crippen MR) is 124 cm³/mol. The van der Waals surface area contributed by atoms with Crippen LogP contribution in [0.3, 0.4) is 0 Å². The van der Waals surface area contributed by atoms with Crippen LogP contribution in [0.15, 0.2) is 53.4 Å². The molecule has 1 saturated heterocycles. The van der Waals surface area contributed by atoms with Gasteiger partial charge in [-0.2, -0.15) is 4.31 Å². The molecule has 2 N–H and O–H groups in total. The predicted octanol–water partition coefficient (Wildman–Crippen LogP) is 3.40. The van der Waals surface area contributed by atoms with Crippen molar-refractivity contribution in [3.63, 3.8) is 0 Å². The molecule has 32 heavy (non-hydrogen) atoms. The highest BCUT2D eigenvalue weighted by Crippen LogP contribution is 2.22. The normalized spacial score (nSPS) is 15.7. The molecular formula is C23H28ClN3O4S. The highest BCUT2D eigenvalue weighted by Gasteiger charge is 2.25. The minimum Gasteiger partial charge on any atom is -0.352 e. The summed E-state index contributed by atoms with van der Waals surface area (Å²) in [5.74, 6) is -0.466. The molecule has 0 saturated carbocycles. The topological polar surface area (TPSA) is 95.6 Å². The third-order valence-corrected chi connectivity index (χ3v) is 7.57. The van der Waals surface area contributed by atoms with Crippen molar-refractivity contribution in [1.29, 1.82) is 0 Å². The monoisotopic (exact) mass is 477 g/mol. The first-order valence-electron chi connectivity index (χ1n) is 10.6. The van der Waals surface area contributed by atoms with Crippen LogP contribution < -0.4 is 10.6 Å². The summed E-state index contributed by atoms with van der Waals surface area (Å²) in [5, 5.41) is 6.19. The SMILES string of the molecule is CC(=O)NC(CC(=O)NCc1ccc(S(=O)(=O)N2CCCCC2)cc1)c1ccc(Cl)cc1. The Hall–Kier alpha value is -2.42. The Morgan fingerprint density at radius 2 is 1.62 bits per heavy atom. The lowest BCUT2D eigenvalue weighted by atomic mass is 10.0. The average molecular weight is 478 g/mol. The summed E-state index contributed by atoms with van der Waals surface area (Å²) in [7, 11) is -3.47. The zero-order valence-electron chi connectivity index (χ0n) is 18.0. The fraction of sp³-hybridized carbons (Fsp3) is 0.391. The number of carbonyl (C=O) groups is 2. The maximum atomic E-state index is 12.7. The number of hydrogen-bond donors (Lipinski definition) is 2. The molecule has 0 bridgehead atoms. The molecule has 1 heterocycles. The van der Waals surface area contributed by atoms with Crippen molar-refractivity contribution >= 4 is 33.4 Å². The quantitative estimate of drug-likeness (QED) is 0.609. The molecule has 1 fully saturated rings. The maximum absolute atomic E-state index is 12.7. The van der Waals surface area contributed by atoms with Crippen molar-refractivity contribution in [2.24, 2.45) is 0 Å². The molecule has 9 heteroatoms. The van der Waals surface area contributed by atoms with Gasteiger partial charge in [-0.1, -0.05) is 42.3 Å². The third kappa shape index (κ3) is 6.54. The maximum Gasteiger partial charge on any atom is 0.243 e. The second-order valence-corrected chi connectivity index (χ2v) is 10.3. The summed E-state index contributed by atoms with van der Waals surface area (Å²) < 4.78 is 27.0. The number of hydrogen-bond acceptors (Lipinski definition) is 4. The van der Waals surface area contributed by atoms with E-state index in [1.165, 1.54) is 11.2 Å². The Balaban J connectivity index is 1.58. The van der Waals surface area contributed by atoms with Gasteiger partial charge in [-0.25, -0.2) is 8.42 Å². The molecule has 0 spiro atoms. The molecule has 1 aliphatic rings. The lowest BCUT2D eigenvalue weighted by molar-refractivity contribution is -0.122. The molecule has 7 nitrogen and oxygen atoms in total. The van der Waals surface area contributed by atoms with E-state index in [4.69, 9.17) is 11.6 Å². The van der Waals surface area contributed by atoms with Gasteiger partial charge in [0.25, 0.3) is 0 Å². The highest BCUT2D eigenvalue weighted by molar-refractivity contribution is 7.89. The first-order valence-corrected chi connectivity index (χ1v) is 12.5. The standard InChI is InChI=1S/C23H28ClN3O4S/c1-17(28)26-22(19-7-9-20(24)10-8-19)15-23(29)25-16-18-5-11-21(12-6-18)32(30,31)27-13-3-2-4-14-27/h5-12,22H,2-4,13-16H2,1H3,(H,25,29)(H,26,28). The van der Waals surface area contributed by atoms with Gasteiger partial charge in [0.15, 0.2) is 0 Å². The van der Waals surface area contributed by atoms with Crippen LogP contribution in [0.1, 0.15) is 49.8 Å².